The molecular formula is C5H6Cl2O. The van der Waals surface area contributed by atoms with E-state index in [9.17, 15) is 4.79 Å². The van der Waals surface area contributed by atoms with Crippen LogP contribution in [0.15, 0.2) is 10.6 Å². The molecule has 0 radical (unpaired) electrons. The molecule has 0 aliphatic rings. The van der Waals surface area contributed by atoms with Crippen molar-refractivity contribution in [3.8, 4) is 0 Å². The van der Waals surface area contributed by atoms with Crippen molar-refractivity contribution in [2.45, 2.75) is 13.3 Å². The molecule has 0 spiro atoms. The monoisotopic (exact) mass is 152 g/mol. The van der Waals surface area contributed by atoms with E-state index in [2.05, 4.69) is 0 Å². The van der Waals surface area contributed by atoms with E-state index in [1.54, 1.807) is 6.92 Å². The SMILES string of the molecule is CCC(=O)C(Cl)=CCl. The van der Waals surface area contributed by atoms with Gasteiger partial charge in [0.15, 0.2) is 5.78 Å². The summed E-state index contributed by atoms with van der Waals surface area (Å²) in [6.45, 7) is 1.73. The van der Waals surface area contributed by atoms with E-state index in [0.29, 0.717) is 6.42 Å². The van der Waals surface area contributed by atoms with Crippen molar-refractivity contribution in [2.24, 2.45) is 0 Å². The molecule has 0 aromatic carbocycles. The van der Waals surface area contributed by atoms with Gasteiger partial charge in [-0.05, 0) is 0 Å². The van der Waals surface area contributed by atoms with Gasteiger partial charge < -0.3 is 0 Å². The summed E-state index contributed by atoms with van der Waals surface area (Å²) in [6.07, 6.45) is 0.405. The highest BCUT2D eigenvalue weighted by molar-refractivity contribution is 6.46. The van der Waals surface area contributed by atoms with Crippen molar-refractivity contribution in [3.63, 3.8) is 0 Å². The summed E-state index contributed by atoms with van der Waals surface area (Å²) in [6, 6.07) is 0. The highest BCUT2D eigenvalue weighted by Crippen LogP contribution is 2.05. The van der Waals surface area contributed by atoms with E-state index in [1.165, 1.54) is 0 Å². The smallest absolute Gasteiger partial charge is 0.174 e. The van der Waals surface area contributed by atoms with Crippen LogP contribution in [-0.4, -0.2) is 5.78 Å². The fraction of sp³-hybridized carbons (Fsp3) is 0.400. The van der Waals surface area contributed by atoms with E-state index >= 15 is 0 Å². The van der Waals surface area contributed by atoms with Crippen LogP contribution in [0.2, 0.25) is 0 Å². The average molecular weight is 153 g/mol. The molecule has 0 aromatic rings. The van der Waals surface area contributed by atoms with Crippen molar-refractivity contribution < 1.29 is 4.79 Å². The molecule has 0 saturated carbocycles. The summed E-state index contributed by atoms with van der Waals surface area (Å²) in [5, 5.41) is 0.106. The van der Waals surface area contributed by atoms with E-state index < -0.39 is 0 Å². The highest BCUT2D eigenvalue weighted by Gasteiger charge is 1.99. The Labute approximate surface area is 58.3 Å². The van der Waals surface area contributed by atoms with Crippen LogP contribution in [0, 0.1) is 0 Å². The summed E-state index contributed by atoms with van der Waals surface area (Å²) < 4.78 is 0. The third kappa shape index (κ3) is 2.34. The molecule has 0 fully saturated rings. The zero-order valence-corrected chi connectivity index (χ0v) is 5.96. The molecule has 0 N–H and O–H groups in total. The summed E-state index contributed by atoms with van der Waals surface area (Å²) in [5.74, 6) is -0.123. The van der Waals surface area contributed by atoms with Gasteiger partial charge in [0.2, 0.25) is 0 Å². The molecule has 1 nitrogen and oxygen atoms in total. The number of hydrogen-bond acceptors (Lipinski definition) is 1. The van der Waals surface area contributed by atoms with Gasteiger partial charge in [-0.2, -0.15) is 0 Å². The number of Topliss-reactive ketones (excluding diaryl/α,β-unsaturated/α-hetero) is 1. The van der Waals surface area contributed by atoms with E-state index in [0.717, 1.165) is 5.54 Å². The first-order valence-corrected chi connectivity index (χ1v) is 3.03. The number of ketones is 1. The van der Waals surface area contributed by atoms with Crippen LogP contribution < -0.4 is 0 Å². The minimum atomic E-state index is -0.123. The third-order valence-corrected chi connectivity index (χ3v) is 1.33. The first-order valence-electron chi connectivity index (χ1n) is 2.21. The zero-order valence-electron chi connectivity index (χ0n) is 4.45. The lowest BCUT2D eigenvalue weighted by molar-refractivity contribution is -0.114. The van der Waals surface area contributed by atoms with Gasteiger partial charge in [-0.3, -0.25) is 4.79 Å². The van der Waals surface area contributed by atoms with Gasteiger partial charge in [-0.25, -0.2) is 0 Å². The number of carbonyl (C=O) groups is 1. The van der Waals surface area contributed by atoms with Crippen molar-refractivity contribution in [2.75, 3.05) is 0 Å². The lowest BCUT2D eigenvalue weighted by Crippen LogP contribution is -1.91. The van der Waals surface area contributed by atoms with Crippen LogP contribution in [0.5, 0.6) is 0 Å². The van der Waals surface area contributed by atoms with Crippen LogP contribution in [0.25, 0.3) is 0 Å². The van der Waals surface area contributed by atoms with E-state index in [-0.39, 0.29) is 10.8 Å². The lowest BCUT2D eigenvalue weighted by Gasteiger charge is -1.87. The standard InChI is InChI=1S/C5H6Cl2O/c1-2-5(8)4(7)3-6/h3H,2H2,1H3. The van der Waals surface area contributed by atoms with Crippen molar-refractivity contribution in [1.29, 1.82) is 0 Å². The average Bonchev–Trinajstić information content (AvgIpc) is 1.84. The van der Waals surface area contributed by atoms with Gasteiger partial charge in [-0.15, -0.1) is 0 Å². The van der Waals surface area contributed by atoms with Crippen molar-refractivity contribution in [3.05, 3.63) is 10.6 Å². The van der Waals surface area contributed by atoms with Gasteiger partial charge in [0.1, 0.15) is 0 Å². The Balaban J connectivity index is 3.83. The molecule has 0 unspecified atom stereocenters. The first-order chi connectivity index (χ1) is 3.72. The van der Waals surface area contributed by atoms with Gasteiger partial charge in [0, 0.05) is 12.0 Å². The molecule has 0 bridgehead atoms. The Morgan fingerprint density at radius 1 is 1.75 bits per heavy atom. The van der Waals surface area contributed by atoms with Crippen LogP contribution in [0.1, 0.15) is 13.3 Å². The van der Waals surface area contributed by atoms with Gasteiger partial charge in [0.05, 0.1) is 5.03 Å². The lowest BCUT2D eigenvalue weighted by atomic mass is 10.3. The maximum Gasteiger partial charge on any atom is 0.174 e. The predicted molar refractivity (Wildman–Crippen MR) is 35.1 cm³/mol. The maximum atomic E-state index is 10.5. The second-order valence-corrected chi connectivity index (χ2v) is 1.86. The number of hydrogen-bond donors (Lipinski definition) is 0. The van der Waals surface area contributed by atoms with Crippen LogP contribution in [0.3, 0.4) is 0 Å². The Kier molecular flexibility index (Phi) is 3.92. The van der Waals surface area contributed by atoms with E-state index in [1.807, 2.05) is 0 Å². The fourth-order valence-corrected chi connectivity index (χ4v) is 0.485. The zero-order chi connectivity index (χ0) is 6.57. The number of carbonyl (C=O) groups excluding carboxylic acids is 1. The number of halogens is 2. The maximum absolute atomic E-state index is 10.5. The minimum absolute atomic E-state index is 0.106. The molecule has 46 valence electrons. The molecular weight excluding hydrogens is 147 g/mol. The molecule has 0 aromatic heterocycles. The van der Waals surface area contributed by atoms with Crippen molar-refractivity contribution in [1.82, 2.24) is 0 Å². The third-order valence-electron chi connectivity index (χ3n) is 0.683. The molecule has 0 amide bonds. The van der Waals surface area contributed by atoms with Crippen LogP contribution in [0.4, 0.5) is 0 Å². The van der Waals surface area contributed by atoms with Crippen LogP contribution >= 0.6 is 23.2 Å². The summed E-state index contributed by atoms with van der Waals surface area (Å²) in [7, 11) is 0. The number of rotatable bonds is 2. The van der Waals surface area contributed by atoms with Gasteiger partial charge in [0.25, 0.3) is 0 Å². The van der Waals surface area contributed by atoms with Gasteiger partial charge in [-0.1, -0.05) is 30.1 Å². The molecule has 0 aliphatic carbocycles. The Morgan fingerprint density at radius 2 is 2.25 bits per heavy atom. The molecule has 0 saturated heterocycles. The quantitative estimate of drug-likeness (QED) is 0.556. The molecule has 0 aliphatic heterocycles. The normalized spacial score (nSPS) is 11.6. The topological polar surface area (TPSA) is 17.1 Å². The number of allylic oxidation sites excluding steroid dienone is 1. The molecule has 0 heterocycles. The highest BCUT2D eigenvalue weighted by atomic mass is 35.5. The molecule has 0 atom stereocenters. The van der Waals surface area contributed by atoms with Crippen LogP contribution in [-0.2, 0) is 4.79 Å². The Bertz CT molecular complexity index is 118. The second kappa shape index (κ2) is 3.93. The molecule has 8 heavy (non-hydrogen) atoms. The molecule has 0 rings (SSSR count). The summed E-state index contributed by atoms with van der Waals surface area (Å²) >= 11 is 10.4. The fourth-order valence-electron chi connectivity index (χ4n) is 0.230. The Morgan fingerprint density at radius 3 is 2.38 bits per heavy atom. The van der Waals surface area contributed by atoms with E-state index in [4.69, 9.17) is 23.2 Å². The van der Waals surface area contributed by atoms with Crippen molar-refractivity contribution >= 4 is 29.0 Å². The van der Waals surface area contributed by atoms with Gasteiger partial charge >= 0.3 is 0 Å². The Hall–Kier alpha value is -0.0100. The molecule has 3 heteroatoms. The summed E-state index contributed by atoms with van der Waals surface area (Å²) in [4.78, 5) is 10.5. The minimum Gasteiger partial charge on any atom is -0.293 e. The largest absolute Gasteiger partial charge is 0.293 e. The second-order valence-electron chi connectivity index (χ2n) is 1.23. The summed E-state index contributed by atoms with van der Waals surface area (Å²) in [5.41, 5.74) is 1.08. The first kappa shape index (κ1) is 7.99. The predicted octanol–water partition coefficient (Wildman–Crippen LogP) is 2.28.